The number of anilines is 2. The van der Waals surface area contributed by atoms with Gasteiger partial charge in [0, 0.05) is 23.4 Å². The summed E-state index contributed by atoms with van der Waals surface area (Å²) in [6.45, 7) is 4.06. The number of fused-ring (bicyclic) bond motifs is 1. The second-order valence-corrected chi connectivity index (χ2v) is 5.50. The van der Waals surface area contributed by atoms with Gasteiger partial charge in [-0.25, -0.2) is 0 Å². The first-order valence-electron chi connectivity index (χ1n) is 7.72. The van der Waals surface area contributed by atoms with Crippen LogP contribution in [0.5, 0.6) is 5.75 Å². The Morgan fingerprint density at radius 1 is 1.12 bits per heavy atom. The third-order valence-corrected chi connectivity index (χ3v) is 3.79. The van der Waals surface area contributed by atoms with Gasteiger partial charge in [-0.05, 0) is 35.9 Å². The molecule has 5 nitrogen and oxygen atoms in total. The molecule has 2 aromatic rings. The first-order chi connectivity index (χ1) is 11.7. The van der Waals surface area contributed by atoms with E-state index in [9.17, 15) is 9.59 Å². The van der Waals surface area contributed by atoms with Crippen LogP contribution in [0.1, 0.15) is 11.1 Å². The Labute approximate surface area is 140 Å². The van der Waals surface area contributed by atoms with Gasteiger partial charge in [0.2, 0.25) is 11.8 Å². The molecule has 0 atom stereocenters. The Bertz CT molecular complexity index is 782. The zero-order valence-electron chi connectivity index (χ0n) is 13.2. The van der Waals surface area contributed by atoms with Crippen LogP contribution >= 0.6 is 0 Å². The van der Waals surface area contributed by atoms with Gasteiger partial charge in [0.05, 0.1) is 13.0 Å². The first-order valence-corrected chi connectivity index (χ1v) is 7.72. The zero-order valence-corrected chi connectivity index (χ0v) is 13.2. The molecule has 0 aliphatic carbocycles. The Kier molecular flexibility index (Phi) is 4.61. The van der Waals surface area contributed by atoms with Crippen LogP contribution in [0.25, 0.3) is 0 Å². The summed E-state index contributed by atoms with van der Waals surface area (Å²) in [5.41, 5.74) is 3.40. The minimum absolute atomic E-state index is 0.0850. The van der Waals surface area contributed by atoms with Gasteiger partial charge in [0.25, 0.3) is 0 Å². The van der Waals surface area contributed by atoms with Crippen LogP contribution in [0.4, 0.5) is 11.4 Å². The van der Waals surface area contributed by atoms with Crippen molar-refractivity contribution in [3.05, 3.63) is 66.2 Å². The number of amides is 2. The molecule has 0 radical (unpaired) electrons. The molecule has 0 aromatic heterocycles. The summed E-state index contributed by atoms with van der Waals surface area (Å²) in [5.74, 6) is 0.494. The monoisotopic (exact) mass is 322 g/mol. The van der Waals surface area contributed by atoms with E-state index >= 15 is 0 Å². The molecular formula is C19H18N2O3. The number of rotatable bonds is 5. The van der Waals surface area contributed by atoms with E-state index in [4.69, 9.17) is 4.74 Å². The maximum Gasteiger partial charge on any atom is 0.247 e. The molecule has 2 amide bonds. The summed E-state index contributed by atoms with van der Waals surface area (Å²) in [7, 11) is 0. The van der Waals surface area contributed by atoms with Crippen molar-refractivity contribution in [2.45, 2.75) is 12.8 Å². The minimum Gasteiger partial charge on any atom is -0.493 e. The molecular weight excluding hydrogens is 304 g/mol. The van der Waals surface area contributed by atoms with Crippen molar-refractivity contribution in [3.8, 4) is 5.75 Å². The molecule has 2 N–H and O–H groups in total. The lowest BCUT2D eigenvalue weighted by Gasteiger charge is -2.09. The van der Waals surface area contributed by atoms with E-state index < -0.39 is 0 Å². The largest absolute Gasteiger partial charge is 0.493 e. The molecule has 0 fully saturated rings. The van der Waals surface area contributed by atoms with Crippen LogP contribution in [0, 0.1) is 0 Å². The van der Waals surface area contributed by atoms with E-state index in [0.29, 0.717) is 12.3 Å². The highest BCUT2D eigenvalue weighted by molar-refractivity contribution is 5.99. The van der Waals surface area contributed by atoms with E-state index in [2.05, 4.69) is 17.2 Å². The number of carbonyl (C=O) groups excluding carboxylic acids is 2. The molecule has 1 aliphatic rings. The predicted octanol–water partition coefficient (Wildman–Crippen LogP) is 2.93. The van der Waals surface area contributed by atoms with Crippen LogP contribution in [-0.2, 0) is 22.4 Å². The lowest BCUT2D eigenvalue weighted by Crippen LogP contribution is -2.15. The summed E-state index contributed by atoms with van der Waals surface area (Å²) in [6.07, 6.45) is 2.28. The van der Waals surface area contributed by atoms with Gasteiger partial charge in [-0.3, -0.25) is 9.59 Å². The van der Waals surface area contributed by atoms with Crippen molar-refractivity contribution in [1.82, 2.24) is 0 Å². The summed E-state index contributed by atoms with van der Waals surface area (Å²) in [5, 5.41) is 5.61. The van der Waals surface area contributed by atoms with Crippen LogP contribution in [-0.4, -0.2) is 18.4 Å². The molecule has 0 saturated heterocycles. The van der Waals surface area contributed by atoms with Gasteiger partial charge >= 0.3 is 0 Å². The molecule has 3 rings (SSSR count). The normalized spacial score (nSPS) is 12.0. The Hall–Kier alpha value is -3.08. The van der Waals surface area contributed by atoms with Gasteiger partial charge in [-0.15, -0.1) is 0 Å². The summed E-state index contributed by atoms with van der Waals surface area (Å²) >= 11 is 0. The highest BCUT2D eigenvalue weighted by Crippen LogP contribution is 2.31. The Morgan fingerprint density at radius 3 is 2.67 bits per heavy atom. The summed E-state index contributed by atoms with van der Waals surface area (Å²) in [4.78, 5) is 23.5. The van der Waals surface area contributed by atoms with Crippen molar-refractivity contribution in [3.63, 3.8) is 0 Å². The molecule has 1 aliphatic heterocycles. The summed E-state index contributed by atoms with van der Waals surface area (Å²) < 4.78 is 5.50. The average Bonchev–Trinajstić information content (AvgIpc) is 3.06. The Morgan fingerprint density at radius 2 is 1.92 bits per heavy atom. The quantitative estimate of drug-likeness (QED) is 0.832. The predicted molar refractivity (Wildman–Crippen MR) is 93.2 cm³/mol. The van der Waals surface area contributed by atoms with E-state index in [1.54, 1.807) is 12.1 Å². The second kappa shape index (κ2) is 7.00. The smallest absolute Gasteiger partial charge is 0.247 e. The molecule has 2 aromatic carbocycles. The highest BCUT2D eigenvalue weighted by Gasteiger charge is 2.17. The standard InChI is InChI=1S/C19H18N2O3/c1-2-18(22)20-14-8-6-13(7-9-14)12-19(23)21-16-4-3-5-17-15(16)10-11-24-17/h2-9H,1,10-12H2,(H,20,22)(H,21,23). The fourth-order valence-electron chi connectivity index (χ4n) is 2.62. The van der Waals surface area contributed by atoms with E-state index in [-0.39, 0.29) is 18.2 Å². The maximum absolute atomic E-state index is 12.3. The lowest BCUT2D eigenvalue weighted by molar-refractivity contribution is -0.115. The number of carbonyl (C=O) groups is 2. The van der Waals surface area contributed by atoms with Gasteiger partial charge in [-0.2, -0.15) is 0 Å². The van der Waals surface area contributed by atoms with Crippen molar-refractivity contribution in [2.75, 3.05) is 17.2 Å². The highest BCUT2D eigenvalue weighted by atomic mass is 16.5. The fourth-order valence-corrected chi connectivity index (χ4v) is 2.62. The summed E-state index contributed by atoms with van der Waals surface area (Å²) in [6, 6.07) is 12.8. The topological polar surface area (TPSA) is 67.4 Å². The number of benzene rings is 2. The van der Waals surface area contributed by atoms with Crippen LogP contribution in [0.3, 0.4) is 0 Å². The van der Waals surface area contributed by atoms with Gasteiger partial charge in [0.1, 0.15) is 5.75 Å². The molecule has 0 unspecified atom stereocenters. The lowest BCUT2D eigenvalue weighted by atomic mass is 10.1. The van der Waals surface area contributed by atoms with Crippen LogP contribution < -0.4 is 15.4 Å². The number of ether oxygens (including phenoxy) is 1. The third kappa shape index (κ3) is 3.63. The SMILES string of the molecule is C=CC(=O)Nc1ccc(CC(=O)Nc2cccc3c2CCO3)cc1. The maximum atomic E-state index is 12.3. The van der Waals surface area contributed by atoms with Crippen molar-refractivity contribution >= 4 is 23.2 Å². The van der Waals surface area contributed by atoms with Crippen molar-refractivity contribution < 1.29 is 14.3 Å². The molecule has 24 heavy (non-hydrogen) atoms. The Balaban J connectivity index is 1.62. The second-order valence-electron chi connectivity index (χ2n) is 5.50. The van der Waals surface area contributed by atoms with Crippen molar-refractivity contribution in [1.29, 1.82) is 0 Å². The minimum atomic E-state index is -0.263. The van der Waals surface area contributed by atoms with E-state index in [1.807, 2.05) is 30.3 Å². The van der Waals surface area contributed by atoms with Gasteiger partial charge in [-0.1, -0.05) is 24.8 Å². The number of nitrogens with one attached hydrogen (secondary N) is 2. The fraction of sp³-hybridized carbons (Fsp3) is 0.158. The van der Waals surface area contributed by atoms with Gasteiger partial charge in [0.15, 0.2) is 0 Å². The average molecular weight is 322 g/mol. The molecule has 122 valence electrons. The first kappa shape index (κ1) is 15.8. The number of hydrogen-bond acceptors (Lipinski definition) is 3. The van der Waals surface area contributed by atoms with Crippen molar-refractivity contribution in [2.24, 2.45) is 0 Å². The van der Waals surface area contributed by atoms with E-state index in [1.165, 1.54) is 6.08 Å². The van der Waals surface area contributed by atoms with Gasteiger partial charge < -0.3 is 15.4 Å². The molecule has 0 spiro atoms. The molecule has 1 heterocycles. The molecule has 0 bridgehead atoms. The van der Waals surface area contributed by atoms with Crippen LogP contribution in [0.15, 0.2) is 55.1 Å². The third-order valence-electron chi connectivity index (χ3n) is 3.79. The van der Waals surface area contributed by atoms with E-state index in [0.717, 1.165) is 29.0 Å². The number of hydrogen-bond donors (Lipinski definition) is 2. The molecule has 0 saturated carbocycles. The zero-order chi connectivity index (χ0) is 16.9. The molecule has 5 heteroatoms. The van der Waals surface area contributed by atoms with Crippen LogP contribution in [0.2, 0.25) is 0 Å².